The van der Waals surface area contributed by atoms with Crippen LogP contribution in [0.25, 0.3) is 5.69 Å². The van der Waals surface area contributed by atoms with Crippen LogP contribution in [0.1, 0.15) is 23.1 Å². The minimum atomic E-state index is -0.409. The van der Waals surface area contributed by atoms with E-state index < -0.39 is 5.91 Å². The molecular formula is C12H13N3O. The lowest BCUT2D eigenvalue weighted by Gasteiger charge is -2.06. The average molecular weight is 215 g/mol. The Balaban J connectivity index is 2.38. The smallest absolute Gasteiger partial charge is 0.248 e. The molecule has 4 heteroatoms. The first kappa shape index (κ1) is 10.4. The fourth-order valence-corrected chi connectivity index (χ4v) is 1.62. The second-order valence-corrected chi connectivity index (χ2v) is 3.48. The molecule has 1 heterocycles. The van der Waals surface area contributed by atoms with Crippen LogP contribution in [0, 0.1) is 0 Å². The van der Waals surface area contributed by atoms with E-state index in [2.05, 4.69) is 11.9 Å². The van der Waals surface area contributed by atoms with Crippen LogP contribution in [0.5, 0.6) is 0 Å². The number of carbonyl (C=O) groups excluding carboxylic acids is 1. The molecule has 0 saturated heterocycles. The van der Waals surface area contributed by atoms with Gasteiger partial charge in [-0.25, -0.2) is 4.98 Å². The van der Waals surface area contributed by atoms with E-state index in [9.17, 15) is 4.79 Å². The zero-order valence-corrected chi connectivity index (χ0v) is 9.05. The average Bonchev–Trinajstić information content (AvgIpc) is 2.77. The van der Waals surface area contributed by atoms with Gasteiger partial charge in [0.05, 0.1) is 0 Å². The van der Waals surface area contributed by atoms with Gasteiger partial charge in [0.15, 0.2) is 0 Å². The predicted molar refractivity (Wildman–Crippen MR) is 61.5 cm³/mol. The summed E-state index contributed by atoms with van der Waals surface area (Å²) in [5, 5.41) is 0. The second kappa shape index (κ2) is 4.18. The van der Waals surface area contributed by atoms with Gasteiger partial charge in [-0.15, -0.1) is 0 Å². The molecule has 0 aliphatic carbocycles. The summed E-state index contributed by atoms with van der Waals surface area (Å²) in [6.07, 6.45) is 4.53. The van der Waals surface area contributed by atoms with Crippen molar-refractivity contribution in [3.63, 3.8) is 0 Å². The first-order chi connectivity index (χ1) is 7.72. The molecule has 16 heavy (non-hydrogen) atoms. The summed E-state index contributed by atoms with van der Waals surface area (Å²) in [5.74, 6) is 0.583. The highest BCUT2D eigenvalue weighted by molar-refractivity contribution is 5.92. The quantitative estimate of drug-likeness (QED) is 0.844. The number of imidazole rings is 1. The van der Waals surface area contributed by atoms with Crippen LogP contribution in [0.15, 0.2) is 36.7 Å². The first-order valence-electron chi connectivity index (χ1n) is 5.15. The SMILES string of the molecule is CCc1nccn1-c1ccc(C(N)=O)cc1. The molecule has 0 saturated carbocycles. The van der Waals surface area contributed by atoms with Gasteiger partial charge in [0.25, 0.3) is 0 Å². The molecule has 1 aromatic carbocycles. The van der Waals surface area contributed by atoms with E-state index in [0.717, 1.165) is 17.9 Å². The number of primary amides is 1. The third-order valence-electron chi connectivity index (χ3n) is 2.46. The maximum Gasteiger partial charge on any atom is 0.248 e. The van der Waals surface area contributed by atoms with E-state index in [1.54, 1.807) is 18.3 Å². The Hall–Kier alpha value is -2.10. The summed E-state index contributed by atoms with van der Waals surface area (Å²) < 4.78 is 1.99. The molecular weight excluding hydrogens is 202 g/mol. The van der Waals surface area contributed by atoms with Crippen molar-refractivity contribution in [3.05, 3.63) is 48.0 Å². The van der Waals surface area contributed by atoms with E-state index >= 15 is 0 Å². The maximum absolute atomic E-state index is 10.9. The molecule has 0 aliphatic heterocycles. The summed E-state index contributed by atoms with van der Waals surface area (Å²) in [5.41, 5.74) is 6.68. The van der Waals surface area contributed by atoms with Crippen LogP contribution in [-0.4, -0.2) is 15.5 Å². The number of carbonyl (C=O) groups is 1. The number of amides is 1. The highest BCUT2D eigenvalue weighted by atomic mass is 16.1. The molecule has 1 aromatic heterocycles. The molecule has 0 aliphatic rings. The van der Waals surface area contributed by atoms with E-state index in [1.807, 2.05) is 22.9 Å². The van der Waals surface area contributed by atoms with Crippen LogP contribution >= 0.6 is 0 Å². The first-order valence-corrected chi connectivity index (χ1v) is 5.15. The van der Waals surface area contributed by atoms with E-state index in [1.165, 1.54) is 0 Å². The molecule has 0 fully saturated rings. The number of nitrogens with two attached hydrogens (primary N) is 1. The van der Waals surface area contributed by atoms with Crippen molar-refractivity contribution >= 4 is 5.91 Å². The van der Waals surface area contributed by atoms with Crippen molar-refractivity contribution in [3.8, 4) is 5.69 Å². The molecule has 0 unspecified atom stereocenters. The normalized spacial score (nSPS) is 10.3. The molecule has 1 amide bonds. The molecule has 82 valence electrons. The summed E-state index contributed by atoms with van der Waals surface area (Å²) >= 11 is 0. The standard InChI is InChI=1S/C12H13N3O/c1-2-11-14-7-8-15(11)10-5-3-9(4-6-10)12(13)16/h3-8H,2H2,1H3,(H2,13,16). The minimum absolute atomic E-state index is 0.409. The zero-order chi connectivity index (χ0) is 11.5. The van der Waals surface area contributed by atoms with Crippen LogP contribution < -0.4 is 5.73 Å². The monoisotopic (exact) mass is 215 g/mol. The lowest BCUT2D eigenvalue weighted by atomic mass is 10.2. The molecule has 0 bridgehead atoms. The highest BCUT2D eigenvalue weighted by Crippen LogP contribution is 2.12. The zero-order valence-electron chi connectivity index (χ0n) is 9.05. The number of hydrogen-bond donors (Lipinski definition) is 1. The Morgan fingerprint density at radius 2 is 2.06 bits per heavy atom. The highest BCUT2D eigenvalue weighted by Gasteiger charge is 2.04. The third kappa shape index (κ3) is 1.82. The number of rotatable bonds is 3. The van der Waals surface area contributed by atoms with Crippen molar-refractivity contribution in [2.45, 2.75) is 13.3 Å². The van der Waals surface area contributed by atoms with Gasteiger partial charge in [-0.1, -0.05) is 6.92 Å². The van der Waals surface area contributed by atoms with Crippen molar-refractivity contribution in [2.24, 2.45) is 5.73 Å². The Kier molecular flexibility index (Phi) is 2.72. The van der Waals surface area contributed by atoms with Crippen LogP contribution in [0.3, 0.4) is 0 Å². The van der Waals surface area contributed by atoms with Gasteiger partial charge >= 0.3 is 0 Å². The molecule has 0 spiro atoms. The van der Waals surface area contributed by atoms with Crippen LogP contribution in [0.4, 0.5) is 0 Å². The van der Waals surface area contributed by atoms with Crippen LogP contribution in [-0.2, 0) is 6.42 Å². The minimum Gasteiger partial charge on any atom is -0.366 e. The van der Waals surface area contributed by atoms with E-state index in [-0.39, 0.29) is 0 Å². The summed E-state index contributed by atoms with van der Waals surface area (Å²) in [6.45, 7) is 2.05. The van der Waals surface area contributed by atoms with Gasteiger partial charge in [0.2, 0.25) is 5.91 Å². The predicted octanol–water partition coefficient (Wildman–Crippen LogP) is 1.53. The Morgan fingerprint density at radius 3 is 2.62 bits per heavy atom. The van der Waals surface area contributed by atoms with Crippen molar-refractivity contribution < 1.29 is 4.79 Å². The van der Waals surface area contributed by atoms with Gasteiger partial charge < -0.3 is 10.3 Å². The number of nitrogens with zero attached hydrogens (tertiary/aromatic N) is 2. The summed E-state index contributed by atoms with van der Waals surface area (Å²) in [7, 11) is 0. The Labute approximate surface area is 93.7 Å². The van der Waals surface area contributed by atoms with Gasteiger partial charge in [-0.2, -0.15) is 0 Å². The lowest BCUT2D eigenvalue weighted by Crippen LogP contribution is -2.10. The Morgan fingerprint density at radius 1 is 1.38 bits per heavy atom. The molecule has 2 N–H and O–H groups in total. The fourth-order valence-electron chi connectivity index (χ4n) is 1.62. The summed E-state index contributed by atoms with van der Waals surface area (Å²) in [4.78, 5) is 15.2. The van der Waals surface area contributed by atoms with Gasteiger partial charge in [0.1, 0.15) is 5.82 Å². The fraction of sp³-hybridized carbons (Fsp3) is 0.167. The van der Waals surface area contributed by atoms with Gasteiger partial charge in [-0.3, -0.25) is 4.79 Å². The number of aromatic nitrogens is 2. The largest absolute Gasteiger partial charge is 0.366 e. The van der Waals surface area contributed by atoms with Gasteiger partial charge in [0, 0.05) is 30.1 Å². The molecule has 0 radical (unpaired) electrons. The van der Waals surface area contributed by atoms with Crippen molar-refractivity contribution in [2.75, 3.05) is 0 Å². The number of hydrogen-bond acceptors (Lipinski definition) is 2. The third-order valence-corrected chi connectivity index (χ3v) is 2.46. The molecule has 0 atom stereocenters. The molecule has 2 aromatic rings. The Bertz CT molecular complexity index is 499. The number of benzene rings is 1. The molecule has 4 nitrogen and oxygen atoms in total. The van der Waals surface area contributed by atoms with Crippen LogP contribution in [0.2, 0.25) is 0 Å². The van der Waals surface area contributed by atoms with E-state index in [0.29, 0.717) is 5.56 Å². The van der Waals surface area contributed by atoms with Crippen molar-refractivity contribution in [1.82, 2.24) is 9.55 Å². The lowest BCUT2D eigenvalue weighted by molar-refractivity contribution is 0.100. The number of aryl methyl sites for hydroxylation is 1. The van der Waals surface area contributed by atoms with Gasteiger partial charge in [-0.05, 0) is 24.3 Å². The van der Waals surface area contributed by atoms with E-state index in [4.69, 9.17) is 5.73 Å². The summed E-state index contributed by atoms with van der Waals surface area (Å²) in [6, 6.07) is 7.16. The maximum atomic E-state index is 10.9. The molecule has 2 rings (SSSR count). The topological polar surface area (TPSA) is 60.9 Å². The second-order valence-electron chi connectivity index (χ2n) is 3.48. The van der Waals surface area contributed by atoms with Crippen molar-refractivity contribution in [1.29, 1.82) is 0 Å².